The van der Waals surface area contributed by atoms with Gasteiger partial charge < -0.3 is 14.2 Å². The van der Waals surface area contributed by atoms with Crippen molar-refractivity contribution in [1.29, 1.82) is 0 Å². The van der Waals surface area contributed by atoms with Crippen LogP contribution in [0.3, 0.4) is 0 Å². The predicted molar refractivity (Wildman–Crippen MR) is 63.1 cm³/mol. The van der Waals surface area contributed by atoms with E-state index in [2.05, 4.69) is 12.1 Å². The molecule has 0 heterocycles. The maximum Gasteiger partial charge on any atom is 0.161 e. The Hall–Kier alpha value is -0.900. The number of benzene rings is 1. The van der Waals surface area contributed by atoms with Crippen LogP contribution in [0.1, 0.15) is 12.5 Å². The molecule has 3 heteroatoms. The highest BCUT2D eigenvalue weighted by molar-refractivity contribution is 5.13. The van der Waals surface area contributed by atoms with E-state index in [-0.39, 0.29) is 12.2 Å². The van der Waals surface area contributed by atoms with Gasteiger partial charge in [0, 0.05) is 20.1 Å². The second kappa shape index (κ2) is 7.39. The van der Waals surface area contributed by atoms with E-state index < -0.39 is 0 Å². The zero-order valence-corrected chi connectivity index (χ0v) is 10.2. The standard InChI is InChI=1S/C13H20O3/c1-11(13(14-2)15-3)9-16-10-12-7-5-4-6-8-12/h4-8,11,13H,9-10H2,1-3H3/t11-/m0/s1. The van der Waals surface area contributed by atoms with Crippen molar-refractivity contribution in [1.82, 2.24) is 0 Å². The number of hydrogen-bond acceptors (Lipinski definition) is 3. The lowest BCUT2D eigenvalue weighted by atomic mass is 10.2. The molecule has 1 aromatic rings. The van der Waals surface area contributed by atoms with Gasteiger partial charge >= 0.3 is 0 Å². The van der Waals surface area contributed by atoms with Gasteiger partial charge in [-0.1, -0.05) is 37.3 Å². The molecule has 0 aliphatic carbocycles. The van der Waals surface area contributed by atoms with Crippen molar-refractivity contribution in [2.24, 2.45) is 5.92 Å². The molecule has 0 aliphatic heterocycles. The van der Waals surface area contributed by atoms with Gasteiger partial charge in [-0.3, -0.25) is 0 Å². The van der Waals surface area contributed by atoms with E-state index in [0.29, 0.717) is 13.2 Å². The van der Waals surface area contributed by atoms with E-state index in [1.807, 2.05) is 25.1 Å². The Kier molecular flexibility index (Phi) is 6.08. The van der Waals surface area contributed by atoms with Crippen molar-refractivity contribution in [2.45, 2.75) is 19.8 Å². The number of ether oxygens (including phenoxy) is 3. The third-order valence-electron chi connectivity index (χ3n) is 2.42. The van der Waals surface area contributed by atoms with E-state index in [1.165, 1.54) is 5.56 Å². The summed E-state index contributed by atoms with van der Waals surface area (Å²) in [4.78, 5) is 0. The number of rotatable bonds is 7. The zero-order chi connectivity index (χ0) is 11.8. The molecule has 0 radical (unpaired) electrons. The summed E-state index contributed by atoms with van der Waals surface area (Å²) < 4.78 is 15.9. The van der Waals surface area contributed by atoms with Gasteiger partial charge in [-0.2, -0.15) is 0 Å². The molecular weight excluding hydrogens is 204 g/mol. The largest absolute Gasteiger partial charge is 0.376 e. The Morgan fingerprint density at radius 1 is 1.06 bits per heavy atom. The summed E-state index contributed by atoms with van der Waals surface area (Å²) in [6.07, 6.45) is -0.198. The molecule has 0 saturated carbocycles. The molecule has 0 spiro atoms. The first-order valence-electron chi connectivity index (χ1n) is 5.45. The molecule has 0 saturated heterocycles. The maximum absolute atomic E-state index is 5.61. The molecular formula is C13H20O3. The molecule has 16 heavy (non-hydrogen) atoms. The molecule has 3 nitrogen and oxygen atoms in total. The van der Waals surface area contributed by atoms with Crippen LogP contribution in [0.5, 0.6) is 0 Å². The Morgan fingerprint density at radius 3 is 2.25 bits per heavy atom. The number of methoxy groups -OCH3 is 2. The van der Waals surface area contributed by atoms with Crippen molar-refractivity contribution in [3.63, 3.8) is 0 Å². The lowest BCUT2D eigenvalue weighted by molar-refractivity contribution is -0.146. The fourth-order valence-electron chi connectivity index (χ4n) is 1.58. The molecule has 0 amide bonds. The normalized spacial score (nSPS) is 13.0. The highest BCUT2D eigenvalue weighted by Crippen LogP contribution is 2.09. The minimum atomic E-state index is -0.198. The molecule has 1 aromatic carbocycles. The van der Waals surface area contributed by atoms with Crippen LogP contribution < -0.4 is 0 Å². The van der Waals surface area contributed by atoms with Gasteiger partial charge in [-0.05, 0) is 5.56 Å². The van der Waals surface area contributed by atoms with Crippen LogP contribution in [0.4, 0.5) is 0 Å². The molecule has 0 aliphatic rings. The highest BCUT2D eigenvalue weighted by atomic mass is 16.7. The topological polar surface area (TPSA) is 27.7 Å². The van der Waals surface area contributed by atoms with Crippen LogP contribution in [-0.4, -0.2) is 27.1 Å². The lowest BCUT2D eigenvalue weighted by Gasteiger charge is -2.20. The Bertz CT molecular complexity index is 270. The molecule has 0 aromatic heterocycles. The van der Waals surface area contributed by atoms with Crippen LogP contribution in [0.2, 0.25) is 0 Å². The zero-order valence-electron chi connectivity index (χ0n) is 10.2. The summed E-state index contributed by atoms with van der Waals surface area (Å²) >= 11 is 0. The van der Waals surface area contributed by atoms with E-state index >= 15 is 0 Å². The summed E-state index contributed by atoms with van der Waals surface area (Å²) in [7, 11) is 3.28. The SMILES string of the molecule is COC(OC)[C@@H](C)COCc1ccccc1. The van der Waals surface area contributed by atoms with Crippen molar-refractivity contribution in [3.05, 3.63) is 35.9 Å². The van der Waals surface area contributed by atoms with Crippen LogP contribution in [0.15, 0.2) is 30.3 Å². The summed E-state index contributed by atoms with van der Waals surface area (Å²) in [5, 5.41) is 0. The van der Waals surface area contributed by atoms with Gasteiger partial charge in [0.05, 0.1) is 13.2 Å². The molecule has 0 fully saturated rings. The van der Waals surface area contributed by atoms with Crippen molar-refractivity contribution in [2.75, 3.05) is 20.8 Å². The second-order valence-electron chi connectivity index (χ2n) is 3.82. The third-order valence-corrected chi connectivity index (χ3v) is 2.42. The van der Waals surface area contributed by atoms with E-state index in [9.17, 15) is 0 Å². The predicted octanol–water partition coefficient (Wildman–Crippen LogP) is 2.46. The van der Waals surface area contributed by atoms with Crippen LogP contribution in [0.25, 0.3) is 0 Å². The van der Waals surface area contributed by atoms with Crippen molar-refractivity contribution >= 4 is 0 Å². The average Bonchev–Trinajstić information content (AvgIpc) is 2.32. The van der Waals surface area contributed by atoms with Crippen LogP contribution in [-0.2, 0) is 20.8 Å². The Morgan fingerprint density at radius 2 is 1.69 bits per heavy atom. The van der Waals surface area contributed by atoms with Gasteiger partial charge in [0.25, 0.3) is 0 Å². The molecule has 0 N–H and O–H groups in total. The quantitative estimate of drug-likeness (QED) is 0.666. The summed E-state index contributed by atoms with van der Waals surface area (Å²) in [5.74, 6) is 0.221. The summed E-state index contributed by atoms with van der Waals surface area (Å²) in [6, 6.07) is 10.1. The second-order valence-corrected chi connectivity index (χ2v) is 3.82. The molecule has 0 unspecified atom stereocenters. The van der Waals surface area contributed by atoms with Crippen LogP contribution >= 0.6 is 0 Å². The van der Waals surface area contributed by atoms with E-state index in [4.69, 9.17) is 14.2 Å². The Balaban J connectivity index is 2.25. The van der Waals surface area contributed by atoms with E-state index in [1.54, 1.807) is 14.2 Å². The van der Waals surface area contributed by atoms with Crippen molar-refractivity contribution in [3.8, 4) is 0 Å². The lowest BCUT2D eigenvalue weighted by Crippen LogP contribution is -2.26. The third kappa shape index (κ3) is 4.31. The molecule has 90 valence electrons. The first-order valence-corrected chi connectivity index (χ1v) is 5.45. The van der Waals surface area contributed by atoms with Gasteiger partial charge in [0.2, 0.25) is 0 Å². The first kappa shape index (κ1) is 13.2. The smallest absolute Gasteiger partial charge is 0.161 e. The van der Waals surface area contributed by atoms with Gasteiger partial charge in [-0.25, -0.2) is 0 Å². The summed E-state index contributed by atoms with van der Waals surface area (Å²) in [6.45, 7) is 3.30. The van der Waals surface area contributed by atoms with Crippen LogP contribution in [0, 0.1) is 5.92 Å². The van der Waals surface area contributed by atoms with Gasteiger partial charge in [0.15, 0.2) is 6.29 Å². The minimum Gasteiger partial charge on any atom is -0.376 e. The van der Waals surface area contributed by atoms with Crippen molar-refractivity contribution < 1.29 is 14.2 Å². The molecule has 1 atom stereocenters. The maximum atomic E-state index is 5.61. The highest BCUT2D eigenvalue weighted by Gasteiger charge is 2.15. The fourth-order valence-corrected chi connectivity index (χ4v) is 1.58. The average molecular weight is 224 g/mol. The van der Waals surface area contributed by atoms with E-state index in [0.717, 1.165) is 0 Å². The minimum absolute atomic E-state index is 0.198. The molecule has 0 bridgehead atoms. The number of hydrogen-bond donors (Lipinski definition) is 0. The monoisotopic (exact) mass is 224 g/mol. The fraction of sp³-hybridized carbons (Fsp3) is 0.538. The first-order chi connectivity index (χ1) is 7.77. The summed E-state index contributed by atoms with van der Waals surface area (Å²) in [5.41, 5.74) is 1.18. The molecule has 1 rings (SSSR count). The van der Waals surface area contributed by atoms with Gasteiger partial charge in [0.1, 0.15) is 0 Å². The van der Waals surface area contributed by atoms with Gasteiger partial charge in [-0.15, -0.1) is 0 Å². The Labute approximate surface area is 97.3 Å².